The predicted octanol–water partition coefficient (Wildman–Crippen LogP) is 4.65. The van der Waals surface area contributed by atoms with Crippen LogP contribution in [0, 0.1) is 11.7 Å². The van der Waals surface area contributed by atoms with Crippen LogP contribution in [0.4, 0.5) is 10.1 Å². The molecular formula is C28H33FN4O2. The lowest BCUT2D eigenvalue weighted by molar-refractivity contribution is 0.0430. The Morgan fingerprint density at radius 1 is 1.20 bits per heavy atom. The van der Waals surface area contributed by atoms with Gasteiger partial charge < -0.3 is 15.4 Å². The lowest BCUT2D eigenvalue weighted by atomic mass is 9.75. The first-order chi connectivity index (χ1) is 16.9. The zero-order valence-electron chi connectivity index (χ0n) is 20.4. The van der Waals surface area contributed by atoms with Crippen LogP contribution in [-0.2, 0) is 11.2 Å². The molecule has 3 heterocycles. The van der Waals surface area contributed by atoms with Crippen LogP contribution in [0.2, 0.25) is 0 Å². The summed E-state index contributed by atoms with van der Waals surface area (Å²) < 4.78 is 20.4. The fraction of sp³-hybridized carbons (Fsp3) is 0.464. The summed E-state index contributed by atoms with van der Waals surface area (Å²) in [7, 11) is 0. The molecule has 2 aromatic heterocycles. The minimum absolute atomic E-state index is 0.0852. The molecule has 2 fully saturated rings. The van der Waals surface area contributed by atoms with Crippen molar-refractivity contribution >= 4 is 22.4 Å². The average molecular weight is 477 g/mol. The molecule has 184 valence electrons. The van der Waals surface area contributed by atoms with Gasteiger partial charge in [0.15, 0.2) is 5.78 Å². The Balaban J connectivity index is 1.40. The van der Waals surface area contributed by atoms with Crippen molar-refractivity contribution in [1.29, 1.82) is 0 Å². The van der Waals surface area contributed by atoms with E-state index in [2.05, 4.69) is 21.8 Å². The fourth-order valence-corrected chi connectivity index (χ4v) is 5.73. The third-order valence-electron chi connectivity index (χ3n) is 7.41. The monoisotopic (exact) mass is 476 g/mol. The second kappa shape index (κ2) is 9.99. The first kappa shape index (κ1) is 23.8. The highest BCUT2D eigenvalue weighted by atomic mass is 19.1. The zero-order valence-corrected chi connectivity index (χ0v) is 20.4. The van der Waals surface area contributed by atoms with Gasteiger partial charge in [-0.15, -0.1) is 0 Å². The highest BCUT2D eigenvalue weighted by Crippen LogP contribution is 2.37. The summed E-state index contributed by atoms with van der Waals surface area (Å²) in [6.07, 6.45) is 8.71. The first-order valence-electron chi connectivity index (χ1n) is 12.6. The number of ether oxygens (including phenoxy) is 1. The van der Waals surface area contributed by atoms with Gasteiger partial charge in [-0.25, -0.2) is 4.39 Å². The number of hydrogen-bond donors (Lipinski definition) is 1. The molecule has 0 amide bonds. The fourth-order valence-electron chi connectivity index (χ4n) is 5.73. The lowest BCUT2D eigenvalue weighted by Gasteiger charge is -2.40. The number of ketones is 1. The third-order valence-corrected chi connectivity index (χ3v) is 7.41. The van der Waals surface area contributed by atoms with E-state index in [0.717, 1.165) is 49.2 Å². The Bertz CT molecular complexity index is 1220. The highest BCUT2D eigenvalue weighted by Gasteiger charge is 2.29. The molecule has 1 saturated heterocycles. The number of hydrogen-bond acceptors (Lipinski definition) is 6. The van der Waals surface area contributed by atoms with E-state index >= 15 is 0 Å². The Hall–Kier alpha value is -2.90. The van der Waals surface area contributed by atoms with Crippen molar-refractivity contribution in [3.05, 3.63) is 65.4 Å². The van der Waals surface area contributed by atoms with E-state index in [9.17, 15) is 9.18 Å². The molecule has 1 aromatic carbocycles. The van der Waals surface area contributed by atoms with Gasteiger partial charge in [-0.1, -0.05) is 6.92 Å². The number of aromatic nitrogens is 2. The predicted molar refractivity (Wildman–Crippen MR) is 135 cm³/mol. The number of halogens is 1. The Morgan fingerprint density at radius 3 is 2.80 bits per heavy atom. The van der Waals surface area contributed by atoms with E-state index in [4.69, 9.17) is 10.5 Å². The molecular weight excluding hydrogens is 443 g/mol. The number of fused-ring (bicyclic) bond motifs is 1. The molecule has 0 radical (unpaired) electrons. The Morgan fingerprint density at radius 2 is 2.03 bits per heavy atom. The topological polar surface area (TPSA) is 81.3 Å². The van der Waals surface area contributed by atoms with Crippen LogP contribution in [-0.4, -0.2) is 47.6 Å². The largest absolute Gasteiger partial charge is 0.375 e. The molecule has 5 rings (SSSR count). The molecule has 1 saturated carbocycles. The summed E-state index contributed by atoms with van der Waals surface area (Å²) in [5, 5.41) is 0.367. The summed E-state index contributed by atoms with van der Waals surface area (Å²) in [6, 6.07) is 6.91. The number of Topliss-reactive ketones (excluding diaryl/α,β-unsaturated/α-hetero) is 1. The van der Waals surface area contributed by atoms with Crippen molar-refractivity contribution < 1.29 is 13.9 Å². The molecule has 1 aliphatic heterocycles. The van der Waals surface area contributed by atoms with Gasteiger partial charge in [0.1, 0.15) is 5.82 Å². The van der Waals surface area contributed by atoms with Crippen LogP contribution in [0.25, 0.3) is 10.9 Å². The Labute approximate surface area is 205 Å². The molecule has 2 N–H and O–H groups in total. The quantitative estimate of drug-likeness (QED) is 0.500. The summed E-state index contributed by atoms with van der Waals surface area (Å²) in [6.45, 7) is 6.41. The smallest absolute Gasteiger partial charge is 0.169 e. The van der Waals surface area contributed by atoms with Gasteiger partial charge in [-0.2, -0.15) is 0 Å². The van der Waals surface area contributed by atoms with Gasteiger partial charge in [-0.05, 0) is 73.4 Å². The van der Waals surface area contributed by atoms with Gasteiger partial charge in [0.25, 0.3) is 0 Å². The summed E-state index contributed by atoms with van der Waals surface area (Å²) in [5.41, 5.74) is 10.1. The van der Waals surface area contributed by atoms with Gasteiger partial charge in [0.2, 0.25) is 0 Å². The minimum Gasteiger partial charge on any atom is -0.375 e. The van der Waals surface area contributed by atoms with E-state index in [1.165, 1.54) is 6.07 Å². The SMILES string of the molecule is CCOC1CN(c2cnc3c(C(=O)Cc4cnccc4[C@@H]4C[C@H](C)C[C@H](N)C4)ccc(F)c3c2)C1. The number of pyridine rings is 2. The molecule has 1 aliphatic carbocycles. The van der Waals surface area contributed by atoms with E-state index in [-0.39, 0.29) is 30.2 Å². The molecule has 0 unspecified atom stereocenters. The molecule has 0 spiro atoms. The maximum absolute atomic E-state index is 14.8. The number of carbonyl (C=O) groups is 1. The molecule has 6 nitrogen and oxygen atoms in total. The van der Waals surface area contributed by atoms with Crippen molar-refractivity contribution in [2.24, 2.45) is 11.7 Å². The van der Waals surface area contributed by atoms with Crippen molar-refractivity contribution in [3.63, 3.8) is 0 Å². The van der Waals surface area contributed by atoms with Crippen LogP contribution in [0.5, 0.6) is 0 Å². The average Bonchev–Trinajstić information content (AvgIpc) is 2.81. The van der Waals surface area contributed by atoms with Gasteiger partial charge in [-0.3, -0.25) is 14.8 Å². The van der Waals surface area contributed by atoms with E-state index < -0.39 is 0 Å². The van der Waals surface area contributed by atoms with E-state index in [1.54, 1.807) is 30.7 Å². The zero-order chi connectivity index (χ0) is 24.5. The van der Waals surface area contributed by atoms with Crippen molar-refractivity contribution in [2.45, 2.75) is 57.6 Å². The Kier molecular flexibility index (Phi) is 6.80. The second-order valence-corrected chi connectivity index (χ2v) is 10.1. The minimum atomic E-state index is -0.375. The summed E-state index contributed by atoms with van der Waals surface area (Å²) >= 11 is 0. The standard InChI is InChI=1S/C28H33FN4O2/c1-3-35-22-15-33(16-22)21-12-25-26(29)5-4-24(28(25)32-14-21)27(34)11-19-13-31-7-6-23(19)18-8-17(2)9-20(30)10-18/h4-7,12-14,17-18,20,22H,3,8-11,15-16,30H2,1-2H3/t17-,18+,20-/m0/s1. The number of rotatable bonds is 7. The van der Waals surface area contributed by atoms with Crippen LogP contribution < -0.4 is 10.6 Å². The number of carbonyl (C=O) groups excluding carboxylic acids is 1. The maximum Gasteiger partial charge on any atom is 0.169 e. The van der Waals surface area contributed by atoms with E-state index in [0.29, 0.717) is 34.9 Å². The van der Waals surface area contributed by atoms with Crippen molar-refractivity contribution in [3.8, 4) is 0 Å². The molecule has 3 atom stereocenters. The van der Waals surface area contributed by atoms with Crippen LogP contribution in [0.3, 0.4) is 0 Å². The molecule has 7 heteroatoms. The lowest BCUT2D eigenvalue weighted by Crippen LogP contribution is -2.52. The van der Waals surface area contributed by atoms with Gasteiger partial charge in [0.05, 0.1) is 23.5 Å². The van der Waals surface area contributed by atoms with Gasteiger partial charge >= 0.3 is 0 Å². The summed E-state index contributed by atoms with van der Waals surface area (Å²) in [5.74, 6) is 0.412. The van der Waals surface area contributed by atoms with Crippen LogP contribution in [0.15, 0.2) is 42.9 Å². The number of nitrogens with two attached hydrogens (primary N) is 1. The molecule has 0 bridgehead atoms. The first-order valence-corrected chi connectivity index (χ1v) is 12.6. The molecule has 3 aromatic rings. The van der Waals surface area contributed by atoms with E-state index in [1.807, 2.05) is 13.0 Å². The van der Waals surface area contributed by atoms with Crippen LogP contribution >= 0.6 is 0 Å². The normalized spacial score (nSPS) is 22.9. The third kappa shape index (κ3) is 4.93. The van der Waals surface area contributed by atoms with Crippen molar-refractivity contribution in [1.82, 2.24) is 9.97 Å². The van der Waals surface area contributed by atoms with Gasteiger partial charge in [0, 0.05) is 55.5 Å². The van der Waals surface area contributed by atoms with Crippen LogP contribution in [0.1, 0.15) is 60.5 Å². The second-order valence-electron chi connectivity index (χ2n) is 10.1. The summed E-state index contributed by atoms with van der Waals surface area (Å²) in [4.78, 5) is 24.4. The molecule has 35 heavy (non-hydrogen) atoms. The molecule has 2 aliphatic rings. The number of benzene rings is 1. The number of anilines is 1. The highest BCUT2D eigenvalue weighted by molar-refractivity contribution is 6.08. The maximum atomic E-state index is 14.8. The van der Waals surface area contributed by atoms with Crippen molar-refractivity contribution in [2.75, 3.05) is 24.6 Å². The number of nitrogens with zero attached hydrogens (tertiary/aromatic N) is 3.